The highest BCUT2D eigenvalue weighted by Crippen LogP contribution is 2.21. The Labute approximate surface area is 134 Å². The van der Waals surface area contributed by atoms with Crippen molar-refractivity contribution in [2.45, 2.75) is 11.7 Å². The van der Waals surface area contributed by atoms with Gasteiger partial charge in [-0.25, -0.2) is 4.98 Å². The van der Waals surface area contributed by atoms with Crippen LogP contribution < -0.4 is 5.56 Å². The molecule has 0 spiro atoms. The van der Waals surface area contributed by atoms with Gasteiger partial charge in [-0.1, -0.05) is 17.8 Å². The van der Waals surface area contributed by atoms with Gasteiger partial charge in [-0.05, 0) is 23.6 Å². The number of aromatic amines is 1. The van der Waals surface area contributed by atoms with Crippen LogP contribution in [0.5, 0.6) is 0 Å². The molecule has 0 atom stereocenters. The predicted molar refractivity (Wildman–Crippen MR) is 89.9 cm³/mol. The number of rotatable bonds is 6. The fraction of sp³-hybridized carbons (Fsp3) is 0.133. The fourth-order valence-electron chi connectivity index (χ4n) is 2.04. The Morgan fingerprint density at radius 1 is 1.50 bits per heavy atom. The summed E-state index contributed by atoms with van der Waals surface area (Å²) in [5.74, 6) is 0.194. The lowest BCUT2D eigenvalue weighted by Gasteiger charge is -2.09. The lowest BCUT2D eigenvalue weighted by Crippen LogP contribution is -2.22. The van der Waals surface area contributed by atoms with Gasteiger partial charge >= 0.3 is 0 Å². The second-order valence-corrected chi connectivity index (χ2v) is 6.39. The Kier molecular flexibility index (Phi) is 4.26. The zero-order valence-electron chi connectivity index (χ0n) is 11.6. The summed E-state index contributed by atoms with van der Waals surface area (Å²) in [6.45, 7) is 4.05. The first kappa shape index (κ1) is 14.8. The molecule has 7 heteroatoms. The van der Waals surface area contributed by atoms with Crippen LogP contribution in [0.15, 0.2) is 52.4 Å². The fourth-order valence-corrected chi connectivity index (χ4v) is 3.71. The summed E-state index contributed by atoms with van der Waals surface area (Å²) >= 11 is 2.64. The number of ketones is 1. The Bertz CT molecular complexity index is 878. The average Bonchev–Trinajstić information content (AvgIpc) is 3.18. The molecule has 0 amide bonds. The van der Waals surface area contributed by atoms with Crippen molar-refractivity contribution in [2.24, 2.45) is 0 Å². The molecular formula is C15H13N3O2S2. The van der Waals surface area contributed by atoms with Crippen molar-refractivity contribution in [1.82, 2.24) is 14.5 Å². The van der Waals surface area contributed by atoms with Gasteiger partial charge in [0.05, 0.1) is 17.0 Å². The average molecular weight is 331 g/mol. The molecule has 0 aliphatic carbocycles. The molecule has 0 aliphatic rings. The van der Waals surface area contributed by atoms with E-state index in [1.165, 1.54) is 23.1 Å². The van der Waals surface area contributed by atoms with Crippen LogP contribution in [0.2, 0.25) is 0 Å². The van der Waals surface area contributed by atoms with Gasteiger partial charge in [0.25, 0.3) is 5.56 Å². The molecule has 5 nitrogen and oxygen atoms in total. The number of thiophene rings is 1. The summed E-state index contributed by atoms with van der Waals surface area (Å²) in [5, 5.41) is 2.38. The van der Waals surface area contributed by atoms with Gasteiger partial charge in [0.15, 0.2) is 10.9 Å². The maximum absolute atomic E-state index is 12.5. The highest BCUT2D eigenvalue weighted by molar-refractivity contribution is 7.99. The Balaban J connectivity index is 1.92. The van der Waals surface area contributed by atoms with E-state index in [0.29, 0.717) is 27.6 Å². The van der Waals surface area contributed by atoms with Crippen molar-refractivity contribution in [3.05, 3.63) is 58.5 Å². The molecule has 112 valence electrons. The number of hydrogen-bond donors (Lipinski definition) is 1. The molecule has 0 aliphatic heterocycles. The van der Waals surface area contributed by atoms with Crippen molar-refractivity contribution in [1.29, 1.82) is 0 Å². The van der Waals surface area contributed by atoms with E-state index < -0.39 is 0 Å². The summed E-state index contributed by atoms with van der Waals surface area (Å²) in [6, 6.07) is 5.33. The van der Waals surface area contributed by atoms with E-state index in [0.717, 1.165) is 0 Å². The maximum atomic E-state index is 12.5. The van der Waals surface area contributed by atoms with Crippen LogP contribution in [-0.2, 0) is 6.54 Å². The molecule has 0 aromatic carbocycles. The molecule has 3 heterocycles. The quantitative estimate of drug-likeness (QED) is 0.326. The maximum Gasteiger partial charge on any atom is 0.272 e. The van der Waals surface area contributed by atoms with Crippen LogP contribution in [-0.4, -0.2) is 26.1 Å². The van der Waals surface area contributed by atoms with Crippen molar-refractivity contribution in [3.8, 4) is 0 Å². The zero-order valence-corrected chi connectivity index (χ0v) is 13.2. The number of fused-ring (bicyclic) bond motifs is 1. The van der Waals surface area contributed by atoms with Crippen LogP contribution in [0.4, 0.5) is 0 Å². The van der Waals surface area contributed by atoms with Crippen LogP contribution in [0, 0.1) is 0 Å². The van der Waals surface area contributed by atoms with Crippen molar-refractivity contribution in [2.75, 3.05) is 5.75 Å². The molecule has 0 saturated carbocycles. The Hall–Kier alpha value is -2.12. The SMILES string of the molecule is C=CCn1c(SCC(=O)c2ccc[nH]2)nc2ccsc2c1=O. The number of hydrogen-bond acceptors (Lipinski definition) is 5. The molecule has 3 rings (SSSR count). The van der Waals surface area contributed by atoms with Crippen LogP contribution in [0.25, 0.3) is 10.2 Å². The van der Waals surface area contributed by atoms with E-state index >= 15 is 0 Å². The Morgan fingerprint density at radius 2 is 2.36 bits per heavy atom. The number of carbonyl (C=O) groups excluding carboxylic acids is 1. The number of Topliss-reactive ketones (excluding diaryl/α,β-unsaturated/α-hetero) is 1. The number of carbonyl (C=O) groups is 1. The number of allylic oxidation sites excluding steroid dienone is 1. The van der Waals surface area contributed by atoms with Crippen LogP contribution in [0.1, 0.15) is 10.5 Å². The number of nitrogens with zero attached hydrogens (tertiary/aromatic N) is 2. The van der Waals surface area contributed by atoms with E-state index in [4.69, 9.17) is 0 Å². The molecule has 1 N–H and O–H groups in total. The van der Waals surface area contributed by atoms with Gasteiger partial charge < -0.3 is 4.98 Å². The molecule has 0 radical (unpaired) electrons. The first-order valence-electron chi connectivity index (χ1n) is 6.59. The molecule has 3 aromatic rings. The smallest absolute Gasteiger partial charge is 0.272 e. The summed E-state index contributed by atoms with van der Waals surface area (Å²) in [5.41, 5.74) is 1.14. The van der Waals surface area contributed by atoms with Gasteiger partial charge in [-0.3, -0.25) is 14.2 Å². The standard InChI is InChI=1S/C15H13N3O2S2/c1-2-7-18-14(20)13-11(5-8-21-13)17-15(18)22-9-12(19)10-4-3-6-16-10/h2-6,8,16H,1,7,9H2. The van der Waals surface area contributed by atoms with E-state index in [9.17, 15) is 9.59 Å². The van der Waals surface area contributed by atoms with Gasteiger partial charge in [0.1, 0.15) is 4.70 Å². The minimum atomic E-state index is -0.0882. The third-order valence-electron chi connectivity index (χ3n) is 3.07. The molecule has 3 aromatic heterocycles. The first-order chi connectivity index (χ1) is 10.7. The molecule has 0 fully saturated rings. The minimum Gasteiger partial charge on any atom is -0.359 e. The van der Waals surface area contributed by atoms with Gasteiger partial charge in [0, 0.05) is 12.7 Å². The molecular weight excluding hydrogens is 318 g/mol. The van der Waals surface area contributed by atoms with Crippen molar-refractivity contribution < 1.29 is 4.79 Å². The molecule has 22 heavy (non-hydrogen) atoms. The molecule has 0 saturated heterocycles. The second kappa shape index (κ2) is 6.33. The summed E-state index contributed by atoms with van der Waals surface area (Å²) in [4.78, 5) is 31.9. The zero-order chi connectivity index (χ0) is 15.5. The van der Waals surface area contributed by atoms with E-state index in [1.807, 2.05) is 11.4 Å². The highest BCUT2D eigenvalue weighted by atomic mass is 32.2. The first-order valence-corrected chi connectivity index (χ1v) is 8.45. The normalized spacial score (nSPS) is 10.9. The summed E-state index contributed by atoms with van der Waals surface area (Å²) < 4.78 is 2.18. The third kappa shape index (κ3) is 2.77. The number of aromatic nitrogens is 3. The third-order valence-corrected chi connectivity index (χ3v) is 4.94. The lowest BCUT2D eigenvalue weighted by molar-refractivity contribution is 0.101. The van der Waals surface area contributed by atoms with Gasteiger partial charge in [0.2, 0.25) is 0 Å². The second-order valence-electron chi connectivity index (χ2n) is 4.53. The highest BCUT2D eigenvalue weighted by Gasteiger charge is 2.14. The van der Waals surface area contributed by atoms with Gasteiger partial charge in [-0.2, -0.15) is 0 Å². The number of H-pyrrole nitrogens is 1. The van der Waals surface area contributed by atoms with Crippen LogP contribution in [0.3, 0.4) is 0 Å². The number of nitrogens with one attached hydrogen (secondary N) is 1. The van der Waals surface area contributed by atoms with E-state index in [1.54, 1.807) is 29.0 Å². The van der Waals surface area contributed by atoms with Crippen molar-refractivity contribution in [3.63, 3.8) is 0 Å². The summed E-state index contributed by atoms with van der Waals surface area (Å²) in [7, 11) is 0. The summed E-state index contributed by atoms with van der Waals surface area (Å²) in [6.07, 6.45) is 3.36. The van der Waals surface area contributed by atoms with E-state index in [2.05, 4.69) is 16.5 Å². The monoisotopic (exact) mass is 331 g/mol. The minimum absolute atomic E-state index is 0.0279. The van der Waals surface area contributed by atoms with E-state index in [-0.39, 0.29) is 17.1 Å². The Morgan fingerprint density at radius 3 is 3.09 bits per heavy atom. The van der Waals surface area contributed by atoms with Crippen LogP contribution >= 0.6 is 23.1 Å². The number of thioether (sulfide) groups is 1. The topological polar surface area (TPSA) is 67.8 Å². The molecule has 0 unspecified atom stereocenters. The lowest BCUT2D eigenvalue weighted by atomic mass is 10.3. The van der Waals surface area contributed by atoms with Crippen molar-refractivity contribution >= 4 is 39.1 Å². The predicted octanol–water partition coefficient (Wildman–Crippen LogP) is 2.95. The van der Waals surface area contributed by atoms with Gasteiger partial charge in [-0.15, -0.1) is 17.9 Å². The molecule has 0 bridgehead atoms. The largest absolute Gasteiger partial charge is 0.359 e.